The smallest absolute Gasteiger partial charge is 0.172 e. The molecule has 6 atom stereocenters. The lowest BCUT2D eigenvalue weighted by atomic mass is 9.45. The lowest BCUT2D eigenvalue weighted by molar-refractivity contribution is -0.218. The zero-order valence-electron chi connectivity index (χ0n) is 17.5. The highest BCUT2D eigenvalue weighted by Crippen LogP contribution is 2.69. The Labute approximate surface area is 164 Å². The third kappa shape index (κ3) is 2.20. The molecule has 150 valence electrons. The van der Waals surface area contributed by atoms with E-state index in [1.165, 1.54) is 12.0 Å². The number of rotatable bonds is 0. The molecule has 0 aromatic carbocycles. The molecule has 1 spiro atoms. The molecule has 3 heteroatoms. The normalized spacial score (nSPS) is 52.4. The second-order valence-corrected chi connectivity index (χ2v) is 10.5. The van der Waals surface area contributed by atoms with Crippen LogP contribution in [-0.4, -0.2) is 29.7 Å². The summed E-state index contributed by atoms with van der Waals surface area (Å²) >= 11 is 0. The van der Waals surface area contributed by atoms with E-state index in [1.807, 2.05) is 0 Å². The predicted molar refractivity (Wildman–Crippen MR) is 106 cm³/mol. The maximum absolute atomic E-state index is 12.2. The largest absolute Gasteiger partial charge is 0.389 e. The van der Waals surface area contributed by atoms with E-state index in [9.17, 15) is 5.11 Å². The number of fused-ring (bicyclic) bond motifs is 5. The van der Waals surface area contributed by atoms with Gasteiger partial charge in [0, 0.05) is 18.3 Å². The Balaban J connectivity index is 1.52. The van der Waals surface area contributed by atoms with Crippen molar-refractivity contribution in [3.05, 3.63) is 23.3 Å². The fourth-order valence-electron chi connectivity index (χ4n) is 8.09. The summed E-state index contributed by atoms with van der Waals surface area (Å²) in [7, 11) is 0. The van der Waals surface area contributed by atoms with Crippen molar-refractivity contribution in [2.75, 3.05) is 13.2 Å². The van der Waals surface area contributed by atoms with Gasteiger partial charge < -0.3 is 14.6 Å². The Morgan fingerprint density at radius 2 is 1.81 bits per heavy atom. The Bertz CT molecular complexity index is 702. The highest BCUT2D eigenvalue weighted by molar-refractivity contribution is 5.35. The van der Waals surface area contributed by atoms with Crippen molar-refractivity contribution in [3.8, 4) is 0 Å². The van der Waals surface area contributed by atoms with E-state index >= 15 is 0 Å². The van der Waals surface area contributed by atoms with Crippen molar-refractivity contribution in [1.29, 1.82) is 0 Å². The molecule has 1 aliphatic heterocycles. The maximum Gasteiger partial charge on any atom is 0.172 e. The molecule has 4 aliphatic carbocycles. The summed E-state index contributed by atoms with van der Waals surface area (Å²) in [4.78, 5) is 0. The summed E-state index contributed by atoms with van der Waals surface area (Å²) in [6.07, 6.45) is 11.9. The lowest BCUT2D eigenvalue weighted by Crippen LogP contribution is -2.63. The third-order valence-corrected chi connectivity index (χ3v) is 9.61. The number of ether oxygens (including phenoxy) is 2. The fraction of sp³-hybridized carbons (Fsp3) is 0.833. The number of aliphatic hydroxyl groups is 1. The molecule has 3 saturated carbocycles. The van der Waals surface area contributed by atoms with Crippen LogP contribution in [0, 0.1) is 28.6 Å². The molecule has 0 aromatic heterocycles. The first-order chi connectivity index (χ1) is 12.8. The van der Waals surface area contributed by atoms with Crippen LogP contribution >= 0.6 is 0 Å². The van der Waals surface area contributed by atoms with E-state index in [4.69, 9.17) is 9.47 Å². The predicted octanol–water partition coefficient (Wildman–Crippen LogP) is 5.00. The molecule has 5 rings (SSSR count). The maximum atomic E-state index is 12.2. The summed E-state index contributed by atoms with van der Waals surface area (Å²) in [5.41, 5.74) is 2.62. The fourth-order valence-corrected chi connectivity index (χ4v) is 8.09. The SMILES string of the molecule is CC=C1[C@H](C)C[C@H]2[C@@H]3CC=C4CC5(CC[C@]4(C)[C@@]3(O)CC[C@]12C)OCCO5. The van der Waals surface area contributed by atoms with Crippen molar-refractivity contribution in [3.63, 3.8) is 0 Å². The average molecular weight is 373 g/mol. The van der Waals surface area contributed by atoms with Crippen LogP contribution in [0.5, 0.6) is 0 Å². The van der Waals surface area contributed by atoms with Gasteiger partial charge in [-0.05, 0) is 62.2 Å². The first-order valence-electron chi connectivity index (χ1n) is 11.1. The molecule has 3 nitrogen and oxygen atoms in total. The summed E-state index contributed by atoms with van der Waals surface area (Å²) in [6, 6.07) is 0. The van der Waals surface area contributed by atoms with Gasteiger partial charge in [-0.1, -0.05) is 44.1 Å². The minimum Gasteiger partial charge on any atom is -0.389 e. The first kappa shape index (κ1) is 18.4. The Morgan fingerprint density at radius 1 is 1.07 bits per heavy atom. The van der Waals surface area contributed by atoms with Crippen molar-refractivity contribution in [1.82, 2.24) is 0 Å². The van der Waals surface area contributed by atoms with Crippen LogP contribution < -0.4 is 0 Å². The Hall–Kier alpha value is -0.640. The molecular formula is C24H36O3. The molecule has 1 saturated heterocycles. The highest BCUT2D eigenvalue weighted by atomic mass is 16.7. The van der Waals surface area contributed by atoms with Crippen LogP contribution in [-0.2, 0) is 9.47 Å². The number of allylic oxidation sites excluding steroid dienone is 3. The highest BCUT2D eigenvalue weighted by Gasteiger charge is 2.66. The van der Waals surface area contributed by atoms with Gasteiger partial charge in [-0.15, -0.1) is 0 Å². The molecule has 1 heterocycles. The summed E-state index contributed by atoms with van der Waals surface area (Å²) in [5.74, 6) is 1.23. The summed E-state index contributed by atoms with van der Waals surface area (Å²) < 4.78 is 12.0. The topological polar surface area (TPSA) is 38.7 Å². The quantitative estimate of drug-likeness (QED) is 0.608. The molecule has 0 unspecified atom stereocenters. The molecule has 0 bridgehead atoms. The number of hydrogen-bond acceptors (Lipinski definition) is 3. The second kappa shape index (κ2) is 5.70. The van der Waals surface area contributed by atoms with Crippen LogP contribution in [0.4, 0.5) is 0 Å². The minimum absolute atomic E-state index is 0.125. The molecule has 1 N–H and O–H groups in total. The molecule has 5 aliphatic rings. The summed E-state index contributed by atoms with van der Waals surface area (Å²) in [5, 5.41) is 12.2. The van der Waals surface area contributed by atoms with Crippen LogP contribution in [0.25, 0.3) is 0 Å². The van der Waals surface area contributed by atoms with Gasteiger partial charge in [0.05, 0.1) is 18.8 Å². The zero-order valence-corrected chi connectivity index (χ0v) is 17.5. The Morgan fingerprint density at radius 3 is 2.52 bits per heavy atom. The second-order valence-electron chi connectivity index (χ2n) is 10.5. The van der Waals surface area contributed by atoms with Gasteiger partial charge in [-0.3, -0.25) is 0 Å². The van der Waals surface area contributed by atoms with Crippen LogP contribution in [0.2, 0.25) is 0 Å². The minimum atomic E-state index is -0.579. The Kier molecular flexibility index (Phi) is 3.89. The van der Waals surface area contributed by atoms with Gasteiger partial charge in [0.2, 0.25) is 0 Å². The van der Waals surface area contributed by atoms with Gasteiger partial charge in [0.15, 0.2) is 5.79 Å². The lowest BCUT2D eigenvalue weighted by Gasteiger charge is -2.63. The molecule has 27 heavy (non-hydrogen) atoms. The van der Waals surface area contributed by atoms with Gasteiger partial charge in [0.1, 0.15) is 0 Å². The standard InChI is InChI=1S/C24H36O3/c1-5-18-16(2)14-20-19-7-6-17-15-23(26-12-13-27-23)10-9-22(17,4)24(19,25)11-8-21(18,20)3/h5-6,16,19-20,25H,7-15H2,1-4H3/t16-,19+,20+,21-,22+,24-/m1/s1. The van der Waals surface area contributed by atoms with Crippen LogP contribution in [0.1, 0.15) is 72.6 Å². The van der Waals surface area contributed by atoms with Gasteiger partial charge in [-0.25, -0.2) is 0 Å². The molecular weight excluding hydrogens is 336 g/mol. The van der Waals surface area contributed by atoms with E-state index < -0.39 is 11.4 Å². The van der Waals surface area contributed by atoms with Crippen molar-refractivity contribution < 1.29 is 14.6 Å². The van der Waals surface area contributed by atoms with Gasteiger partial charge in [-0.2, -0.15) is 0 Å². The summed E-state index contributed by atoms with van der Waals surface area (Å²) in [6.45, 7) is 10.8. The molecule has 0 amide bonds. The van der Waals surface area contributed by atoms with Crippen molar-refractivity contribution in [2.45, 2.75) is 84.0 Å². The van der Waals surface area contributed by atoms with Gasteiger partial charge in [0.25, 0.3) is 0 Å². The van der Waals surface area contributed by atoms with Crippen molar-refractivity contribution >= 4 is 0 Å². The first-order valence-corrected chi connectivity index (χ1v) is 11.1. The van der Waals surface area contributed by atoms with Crippen molar-refractivity contribution in [2.24, 2.45) is 28.6 Å². The average Bonchev–Trinajstić information content (AvgIpc) is 3.19. The number of hydrogen-bond donors (Lipinski definition) is 1. The third-order valence-electron chi connectivity index (χ3n) is 9.61. The van der Waals surface area contributed by atoms with Crippen LogP contribution in [0.3, 0.4) is 0 Å². The van der Waals surface area contributed by atoms with E-state index in [2.05, 4.69) is 39.8 Å². The van der Waals surface area contributed by atoms with Gasteiger partial charge >= 0.3 is 0 Å². The molecule has 0 aromatic rings. The molecule has 4 fully saturated rings. The van der Waals surface area contributed by atoms with E-state index in [1.54, 1.807) is 5.57 Å². The van der Waals surface area contributed by atoms with E-state index in [-0.39, 0.29) is 10.8 Å². The van der Waals surface area contributed by atoms with E-state index in [0.717, 1.165) is 38.5 Å². The zero-order chi connectivity index (χ0) is 19.1. The van der Waals surface area contributed by atoms with Crippen LogP contribution in [0.15, 0.2) is 23.3 Å². The molecule has 0 radical (unpaired) electrons. The monoisotopic (exact) mass is 372 g/mol. The van der Waals surface area contributed by atoms with E-state index in [0.29, 0.717) is 31.0 Å².